The van der Waals surface area contributed by atoms with E-state index in [-0.39, 0.29) is 36.9 Å². The van der Waals surface area contributed by atoms with Crippen molar-refractivity contribution >= 4 is 10.1 Å². The average Bonchev–Trinajstić information content (AvgIpc) is 2.67. The number of rotatable bonds is 3. The summed E-state index contributed by atoms with van der Waals surface area (Å²) < 4.78 is 32.5. The van der Waals surface area contributed by atoms with Crippen molar-refractivity contribution in [2.75, 3.05) is 0 Å². The molecule has 32 heavy (non-hydrogen) atoms. The van der Waals surface area contributed by atoms with Crippen LogP contribution < -0.4 is 21.2 Å². The molecule has 0 aliphatic carbocycles. The Balaban J connectivity index is 0.000000278. The molecule has 3 aromatic rings. The third-order valence-electron chi connectivity index (χ3n) is 4.96. The van der Waals surface area contributed by atoms with Crippen molar-refractivity contribution < 1.29 is 34.2 Å². The van der Waals surface area contributed by atoms with Crippen LogP contribution >= 0.6 is 0 Å². The summed E-state index contributed by atoms with van der Waals surface area (Å²) in [6.45, 7) is 15.4. The van der Waals surface area contributed by atoms with Gasteiger partial charge in [0.15, 0.2) is 0 Å². The Morgan fingerprint density at radius 2 is 0.969 bits per heavy atom. The first-order chi connectivity index (χ1) is 14.7. The fourth-order valence-corrected chi connectivity index (χ4v) is 5.50. The largest absolute Gasteiger partial charge is 0.294 e. The van der Waals surface area contributed by atoms with Gasteiger partial charge in [0, 0.05) is 0 Å². The monoisotopic (exact) mass is 565 g/mol. The molecule has 0 radical (unpaired) electrons. The molecule has 0 saturated heterocycles. The second kappa shape index (κ2) is 10.5. The molecule has 0 atom stereocenters. The quantitative estimate of drug-likeness (QED) is 0.390. The second-order valence-electron chi connectivity index (χ2n) is 9.90. The molecule has 0 bridgehead atoms. The summed E-state index contributed by atoms with van der Waals surface area (Å²) in [5.41, 5.74) is 4.27. The maximum Gasteiger partial charge on any atom is 0.294 e. The van der Waals surface area contributed by atoms with Crippen LogP contribution in [0.3, 0.4) is 0 Å². The van der Waals surface area contributed by atoms with Gasteiger partial charge in [0.1, 0.15) is 0 Å². The predicted octanol–water partition coefficient (Wildman–Crippen LogP) is 3.65. The smallest absolute Gasteiger partial charge is 0.282 e. The first-order valence-electron chi connectivity index (χ1n) is 10.6. The van der Waals surface area contributed by atoms with Gasteiger partial charge in [-0.15, -0.1) is 0 Å². The molecule has 1 N–H and O–H groups in total. The van der Waals surface area contributed by atoms with Gasteiger partial charge in [0.25, 0.3) is 10.1 Å². The number of hydrogen-bond donors (Lipinski definition) is 1. The minimum Gasteiger partial charge on any atom is -0.282 e. The molecule has 3 nitrogen and oxygen atoms in total. The van der Waals surface area contributed by atoms with Crippen LogP contribution in [0, 0.1) is 14.1 Å². The van der Waals surface area contributed by atoms with Gasteiger partial charge in [-0.05, 0) is 19.1 Å². The van der Waals surface area contributed by atoms with Crippen molar-refractivity contribution in [1.82, 2.24) is 0 Å². The molecule has 3 rings (SSSR count). The molecule has 0 heterocycles. The van der Waals surface area contributed by atoms with E-state index in [9.17, 15) is 8.42 Å². The molecule has 3 aromatic carbocycles. The Bertz CT molecular complexity index is 1050. The molecule has 0 aromatic heterocycles. The van der Waals surface area contributed by atoms with Gasteiger partial charge in [0.2, 0.25) is 0 Å². The first kappa shape index (κ1) is 26.6. The Morgan fingerprint density at radius 1 is 0.625 bits per heavy atom. The Morgan fingerprint density at radius 3 is 1.25 bits per heavy atom. The maximum absolute atomic E-state index is 10.5. The molecule has 0 unspecified atom stereocenters. The van der Waals surface area contributed by atoms with E-state index in [2.05, 4.69) is 90.1 Å². The topological polar surface area (TPSA) is 54.4 Å². The van der Waals surface area contributed by atoms with Gasteiger partial charge < -0.3 is 0 Å². The molecule has 5 heteroatoms. The molecule has 0 fully saturated rings. The van der Waals surface area contributed by atoms with Crippen molar-refractivity contribution in [1.29, 1.82) is 0 Å². The summed E-state index contributed by atoms with van der Waals surface area (Å²) in [6.07, 6.45) is 0. The van der Waals surface area contributed by atoms with Gasteiger partial charge in [-0.25, -0.2) is 0 Å². The van der Waals surface area contributed by atoms with Crippen LogP contribution in [0.1, 0.15) is 58.2 Å². The van der Waals surface area contributed by atoms with Crippen molar-refractivity contribution in [3.63, 3.8) is 0 Å². The van der Waals surface area contributed by atoms with Gasteiger partial charge in [-0.2, -0.15) is 8.42 Å². The third kappa shape index (κ3) is 8.34. The van der Waals surface area contributed by atoms with E-state index in [4.69, 9.17) is 4.55 Å². The van der Waals surface area contributed by atoms with Crippen LogP contribution in [-0.2, 0) is 20.9 Å². The molecule has 0 saturated carbocycles. The number of halogens is 1. The summed E-state index contributed by atoms with van der Waals surface area (Å²) >= 11 is -0.0703. The van der Waals surface area contributed by atoms with E-state index >= 15 is 0 Å². The summed E-state index contributed by atoms with van der Waals surface area (Å²) in [4.78, 5) is -0.0666. The van der Waals surface area contributed by atoms with Crippen LogP contribution in [0.4, 0.5) is 0 Å². The summed E-state index contributed by atoms with van der Waals surface area (Å²) in [5, 5.41) is 0. The number of benzene rings is 3. The van der Waals surface area contributed by atoms with Gasteiger partial charge in [-0.3, -0.25) is 4.55 Å². The average molecular weight is 566 g/mol. The van der Waals surface area contributed by atoms with Crippen LogP contribution in [0.25, 0.3) is 0 Å². The maximum atomic E-state index is 10.5. The Labute approximate surface area is 204 Å². The van der Waals surface area contributed by atoms with Crippen molar-refractivity contribution in [3.8, 4) is 0 Å². The van der Waals surface area contributed by atoms with Crippen molar-refractivity contribution in [2.45, 2.75) is 64.2 Å². The second-order valence-corrected chi connectivity index (χ2v) is 14.3. The SMILES string of the molecule is CC(C)(C)c1ccc([I-]c2ccc(C(C)(C)C)cc2)cc1.Cc1ccc(S(=O)(=O)O)cc1. The molecule has 0 spiro atoms. The minimum atomic E-state index is -4.02. The zero-order valence-corrected chi connectivity index (χ0v) is 23.0. The van der Waals surface area contributed by atoms with Crippen molar-refractivity contribution in [2.24, 2.45) is 0 Å². The Kier molecular flexibility index (Phi) is 8.70. The fraction of sp³-hybridized carbons (Fsp3) is 0.333. The predicted molar refractivity (Wildman–Crippen MR) is 129 cm³/mol. The number of hydrogen-bond acceptors (Lipinski definition) is 2. The van der Waals surface area contributed by atoms with E-state index in [1.165, 1.54) is 30.4 Å². The van der Waals surface area contributed by atoms with Gasteiger partial charge in [0.05, 0.1) is 4.90 Å². The molecule has 0 amide bonds. The fourth-order valence-electron chi connectivity index (χ4n) is 2.86. The van der Waals surface area contributed by atoms with Crippen molar-refractivity contribution in [3.05, 3.63) is 96.6 Å². The van der Waals surface area contributed by atoms with Crippen LogP contribution in [0.5, 0.6) is 0 Å². The van der Waals surface area contributed by atoms with Gasteiger partial charge in [-0.1, -0.05) is 17.7 Å². The standard InChI is InChI=1S/C20H26I.C7H8O3S/c1-19(2,3)15-7-11-17(12-8-15)21-18-13-9-16(10-14-18)20(4,5)6;1-6-2-4-7(5-3-6)11(8,9)10/h7-14H,1-6H3;2-5H,1H3,(H,8,9,10)/q-1;. The van der Waals surface area contributed by atoms with Crippen LogP contribution in [0.2, 0.25) is 0 Å². The Hall–Kier alpha value is -1.70. The minimum absolute atomic E-state index is 0.0666. The zero-order valence-electron chi connectivity index (χ0n) is 20.0. The number of aryl methyl sites for hydroxylation is 1. The van der Waals surface area contributed by atoms with E-state index in [1.807, 2.05) is 6.92 Å². The van der Waals surface area contributed by atoms with E-state index in [1.54, 1.807) is 12.1 Å². The van der Waals surface area contributed by atoms with Crippen LogP contribution in [-0.4, -0.2) is 13.0 Å². The summed E-state index contributed by atoms with van der Waals surface area (Å²) in [7, 11) is -4.02. The van der Waals surface area contributed by atoms with E-state index < -0.39 is 10.1 Å². The molecular weight excluding hydrogens is 531 g/mol. The zero-order chi connectivity index (χ0) is 24.2. The van der Waals surface area contributed by atoms with E-state index in [0.29, 0.717) is 0 Å². The van der Waals surface area contributed by atoms with Gasteiger partial charge >= 0.3 is 140 Å². The van der Waals surface area contributed by atoms with Crippen LogP contribution in [0.15, 0.2) is 77.7 Å². The molecule has 0 aliphatic rings. The normalized spacial score (nSPS) is 12.2. The van der Waals surface area contributed by atoms with E-state index in [0.717, 1.165) is 5.56 Å². The molecule has 0 aliphatic heterocycles. The first-order valence-corrected chi connectivity index (χ1v) is 14.2. The third-order valence-corrected chi connectivity index (χ3v) is 8.51. The molecule has 174 valence electrons. The summed E-state index contributed by atoms with van der Waals surface area (Å²) in [6, 6.07) is 24.4. The molecular formula is C27H34IO3S-. The summed E-state index contributed by atoms with van der Waals surface area (Å²) in [5.74, 6) is 0.